The van der Waals surface area contributed by atoms with Gasteiger partial charge in [-0.25, -0.2) is 8.42 Å². The van der Waals surface area contributed by atoms with E-state index in [-0.39, 0.29) is 29.4 Å². The molecule has 104 valence electrons. The number of hydrogen-bond donors (Lipinski definition) is 2. The molecule has 2 heterocycles. The topological polar surface area (TPSA) is 75.3 Å². The average molecular weight is 274 g/mol. The molecule has 0 aliphatic carbocycles. The van der Waals surface area contributed by atoms with Gasteiger partial charge < -0.3 is 10.6 Å². The summed E-state index contributed by atoms with van der Waals surface area (Å²) in [6.07, 6.45) is 2.66. The van der Waals surface area contributed by atoms with Crippen LogP contribution in [-0.4, -0.2) is 45.0 Å². The normalized spacial score (nSPS) is 35.3. The fourth-order valence-corrected chi connectivity index (χ4v) is 4.57. The van der Waals surface area contributed by atoms with Gasteiger partial charge in [-0.1, -0.05) is 6.92 Å². The third-order valence-corrected chi connectivity index (χ3v) is 5.71. The van der Waals surface area contributed by atoms with Crippen molar-refractivity contribution in [1.29, 1.82) is 0 Å². The molecule has 5 nitrogen and oxygen atoms in total. The molecule has 0 aromatic rings. The van der Waals surface area contributed by atoms with Crippen molar-refractivity contribution in [3.8, 4) is 0 Å². The van der Waals surface area contributed by atoms with E-state index in [4.69, 9.17) is 0 Å². The molecule has 1 amide bonds. The molecule has 2 aliphatic rings. The van der Waals surface area contributed by atoms with Crippen LogP contribution in [0.15, 0.2) is 0 Å². The number of carbonyl (C=O) groups is 1. The van der Waals surface area contributed by atoms with Crippen molar-refractivity contribution in [2.75, 3.05) is 24.6 Å². The number of hydrogen-bond acceptors (Lipinski definition) is 4. The highest BCUT2D eigenvalue weighted by molar-refractivity contribution is 7.91. The fraction of sp³-hybridized carbons (Fsp3) is 0.917. The Hall–Kier alpha value is -0.620. The van der Waals surface area contributed by atoms with Crippen LogP contribution >= 0.6 is 0 Å². The summed E-state index contributed by atoms with van der Waals surface area (Å²) in [7, 11) is -2.84. The van der Waals surface area contributed by atoms with E-state index in [0.717, 1.165) is 19.4 Å². The quantitative estimate of drug-likeness (QED) is 0.755. The van der Waals surface area contributed by atoms with Crippen molar-refractivity contribution in [3.63, 3.8) is 0 Å². The van der Waals surface area contributed by atoms with Crippen LogP contribution in [-0.2, 0) is 14.6 Å². The standard InChI is InChI=1S/C12H22N2O3S/c1-9-2-4-13-11(6-9)12(15)14-7-10-3-5-18(16,17)8-10/h9-11,13H,2-8H2,1H3,(H,14,15). The predicted octanol–water partition coefficient (Wildman–Crippen LogP) is -0.0746. The van der Waals surface area contributed by atoms with Crippen LogP contribution < -0.4 is 10.6 Å². The van der Waals surface area contributed by atoms with Crippen LogP contribution in [0.5, 0.6) is 0 Å². The lowest BCUT2D eigenvalue weighted by Gasteiger charge is -2.27. The summed E-state index contributed by atoms with van der Waals surface area (Å²) in [5.74, 6) is 1.19. The van der Waals surface area contributed by atoms with E-state index in [1.54, 1.807) is 0 Å². The molecule has 0 spiro atoms. The fourth-order valence-electron chi connectivity index (χ4n) is 2.71. The first kappa shape index (κ1) is 13.8. The number of rotatable bonds is 3. The van der Waals surface area contributed by atoms with E-state index in [2.05, 4.69) is 17.6 Å². The van der Waals surface area contributed by atoms with Crippen LogP contribution in [0.25, 0.3) is 0 Å². The lowest BCUT2D eigenvalue weighted by molar-refractivity contribution is -0.124. The average Bonchev–Trinajstić information content (AvgIpc) is 2.66. The van der Waals surface area contributed by atoms with Gasteiger partial charge in [0.05, 0.1) is 17.5 Å². The van der Waals surface area contributed by atoms with Crippen molar-refractivity contribution in [2.24, 2.45) is 11.8 Å². The van der Waals surface area contributed by atoms with Gasteiger partial charge in [0.1, 0.15) is 0 Å². The molecule has 2 saturated heterocycles. The van der Waals surface area contributed by atoms with Crippen LogP contribution in [0.3, 0.4) is 0 Å². The maximum atomic E-state index is 11.9. The largest absolute Gasteiger partial charge is 0.354 e. The summed E-state index contributed by atoms with van der Waals surface area (Å²) in [6, 6.07) is -0.105. The summed E-state index contributed by atoms with van der Waals surface area (Å²) in [5, 5.41) is 6.10. The first-order valence-corrected chi connectivity index (χ1v) is 8.50. The van der Waals surface area contributed by atoms with Crippen molar-refractivity contribution in [2.45, 2.75) is 32.2 Å². The maximum Gasteiger partial charge on any atom is 0.237 e. The van der Waals surface area contributed by atoms with E-state index in [0.29, 0.717) is 18.9 Å². The van der Waals surface area contributed by atoms with Crippen molar-refractivity contribution in [1.82, 2.24) is 10.6 Å². The zero-order chi connectivity index (χ0) is 13.2. The highest BCUT2D eigenvalue weighted by Crippen LogP contribution is 2.18. The van der Waals surface area contributed by atoms with Crippen molar-refractivity contribution >= 4 is 15.7 Å². The molecule has 0 bridgehead atoms. The Balaban J connectivity index is 1.75. The molecule has 3 atom stereocenters. The zero-order valence-electron chi connectivity index (χ0n) is 10.8. The lowest BCUT2D eigenvalue weighted by atomic mass is 9.94. The molecule has 2 N–H and O–H groups in total. The highest BCUT2D eigenvalue weighted by atomic mass is 32.2. The SMILES string of the molecule is CC1CCNC(C(=O)NCC2CCS(=O)(=O)C2)C1. The van der Waals surface area contributed by atoms with Gasteiger partial charge in [-0.3, -0.25) is 4.79 Å². The molecule has 2 rings (SSSR count). The van der Waals surface area contributed by atoms with E-state index in [1.807, 2.05) is 0 Å². The van der Waals surface area contributed by atoms with Crippen molar-refractivity contribution in [3.05, 3.63) is 0 Å². The number of sulfone groups is 1. The summed E-state index contributed by atoms with van der Waals surface area (Å²) >= 11 is 0. The van der Waals surface area contributed by atoms with Crippen LogP contribution in [0.1, 0.15) is 26.2 Å². The van der Waals surface area contributed by atoms with E-state index in [1.165, 1.54) is 0 Å². The highest BCUT2D eigenvalue weighted by Gasteiger charge is 2.29. The van der Waals surface area contributed by atoms with E-state index in [9.17, 15) is 13.2 Å². The van der Waals surface area contributed by atoms with Crippen molar-refractivity contribution < 1.29 is 13.2 Å². The molecule has 3 unspecified atom stereocenters. The van der Waals surface area contributed by atoms with Gasteiger partial charge in [0.2, 0.25) is 5.91 Å². The van der Waals surface area contributed by atoms with E-state index >= 15 is 0 Å². The summed E-state index contributed by atoms with van der Waals surface area (Å²) in [5.41, 5.74) is 0. The molecular formula is C12H22N2O3S. The molecule has 2 aliphatic heterocycles. The smallest absolute Gasteiger partial charge is 0.237 e. The Labute approximate surface area is 109 Å². The minimum atomic E-state index is -2.84. The lowest BCUT2D eigenvalue weighted by Crippen LogP contribution is -2.49. The second-order valence-electron chi connectivity index (χ2n) is 5.65. The summed E-state index contributed by atoms with van der Waals surface area (Å²) < 4.78 is 22.6. The Bertz CT molecular complexity index is 408. The van der Waals surface area contributed by atoms with Gasteiger partial charge in [-0.2, -0.15) is 0 Å². The number of carbonyl (C=O) groups excluding carboxylic acids is 1. The molecule has 6 heteroatoms. The third kappa shape index (κ3) is 3.68. The van der Waals surface area contributed by atoms with Crippen LogP contribution in [0, 0.1) is 11.8 Å². The minimum Gasteiger partial charge on any atom is -0.354 e. The maximum absolute atomic E-state index is 11.9. The van der Waals surface area contributed by atoms with Crippen LogP contribution in [0.2, 0.25) is 0 Å². The zero-order valence-corrected chi connectivity index (χ0v) is 11.6. The number of nitrogens with one attached hydrogen (secondary N) is 2. The first-order valence-electron chi connectivity index (χ1n) is 6.68. The van der Waals surface area contributed by atoms with Gasteiger partial charge >= 0.3 is 0 Å². The van der Waals surface area contributed by atoms with Gasteiger partial charge in [0.15, 0.2) is 9.84 Å². The minimum absolute atomic E-state index is 0.0193. The predicted molar refractivity (Wildman–Crippen MR) is 70.0 cm³/mol. The Morgan fingerprint density at radius 3 is 2.78 bits per heavy atom. The number of piperidine rings is 1. The molecule has 0 aromatic heterocycles. The number of amides is 1. The molecule has 2 fully saturated rings. The van der Waals surface area contributed by atoms with Gasteiger partial charge in [0, 0.05) is 6.54 Å². The molecule has 0 aromatic carbocycles. The first-order chi connectivity index (χ1) is 8.46. The summed E-state index contributed by atoms with van der Waals surface area (Å²) in [6.45, 7) is 3.53. The van der Waals surface area contributed by atoms with Crippen LogP contribution in [0.4, 0.5) is 0 Å². The summed E-state index contributed by atoms with van der Waals surface area (Å²) in [4.78, 5) is 11.9. The van der Waals surface area contributed by atoms with E-state index < -0.39 is 9.84 Å². The van der Waals surface area contributed by atoms with Gasteiger partial charge in [-0.15, -0.1) is 0 Å². The second kappa shape index (κ2) is 5.57. The second-order valence-corrected chi connectivity index (χ2v) is 7.88. The molecular weight excluding hydrogens is 252 g/mol. The molecule has 0 saturated carbocycles. The Morgan fingerprint density at radius 1 is 1.39 bits per heavy atom. The van der Waals surface area contributed by atoms with Gasteiger partial charge in [0.25, 0.3) is 0 Å². The van der Waals surface area contributed by atoms with Gasteiger partial charge in [-0.05, 0) is 37.6 Å². The Morgan fingerprint density at radius 2 is 2.17 bits per heavy atom. The molecule has 0 radical (unpaired) electrons. The monoisotopic (exact) mass is 274 g/mol. The third-order valence-electron chi connectivity index (χ3n) is 3.87. The molecule has 18 heavy (non-hydrogen) atoms. The Kier molecular flexibility index (Phi) is 4.27.